The molecule has 0 atom stereocenters. The number of rotatable bonds is 4. The lowest BCUT2D eigenvalue weighted by molar-refractivity contribution is 0.0697. The highest BCUT2D eigenvalue weighted by Crippen LogP contribution is 2.14. The van der Waals surface area contributed by atoms with Crippen LogP contribution in [0.5, 0.6) is 0 Å². The lowest BCUT2D eigenvalue weighted by Gasteiger charge is -2.10. The minimum atomic E-state index is -0.921. The Morgan fingerprint density at radius 3 is 2.79 bits per heavy atom. The van der Waals surface area contributed by atoms with E-state index in [0.717, 1.165) is 16.8 Å². The fraction of sp³-hybridized carbons (Fsp3) is 0.143. The number of aromatic carboxylic acids is 1. The molecule has 0 fully saturated rings. The van der Waals surface area contributed by atoms with Crippen LogP contribution in [0, 0.1) is 6.92 Å². The Bertz CT molecular complexity index is 594. The predicted octanol–water partition coefficient (Wildman–Crippen LogP) is 2.28. The number of pyridine rings is 1. The van der Waals surface area contributed by atoms with Gasteiger partial charge in [0.1, 0.15) is 5.82 Å². The van der Waals surface area contributed by atoms with E-state index < -0.39 is 5.97 Å². The molecule has 0 aliphatic rings. The summed E-state index contributed by atoms with van der Waals surface area (Å²) in [5.74, 6) is -0.454. The van der Waals surface area contributed by atoms with E-state index in [4.69, 9.17) is 10.8 Å². The van der Waals surface area contributed by atoms with Gasteiger partial charge in [-0.2, -0.15) is 0 Å². The molecule has 2 aromatic rings. The van der Waals surface area contributed by atoms with Crippen molar-refractivity contribution in [2.24, 2.45) is 0 Å². The average molecular weight is 257 g/mol. The Labute approximate surface area is 111 Å². The van der Waals surface area contributed by atoms with Gasteiger partial charge >= 0.3 is 5.97 Å². The molecule has 0 radical (unpaired) electrons. The second kappa shape index (κ2) is 5.39. The number of carbonyl (C=O) groups is 1. The van der Waals surface area contributed by atoms with Crippen LogP contribution >= 0.6 is 0 Å². The topological polar surface area (TPSA) is 88.2 Å². The number of hydrogen-bond donors (Lipinski definition) is 3. The van der Waals surface area contributed by atoms with E-state index in [1.54, 1.807) is 24.4 Å². The highest BCUT2D eigenvalue weighted by molar-refractivity contribution is 5.87. The first-order valence-electron chi connectivity index (χ1n) is 5.84. The zero-order valence-corrected chi connectivity index (χ0v) is 10.6. The second-order valence-corrected chi connectivity index (χ2v) is 4.27. The number of benzene rings is 1. The molecule has 0 saturated carbocycles. The Hall–Kier alpha value is -2.56. The first kappa shape index (κ1) is 12.9. The summed E-state index contributed by atoms with van der Waals surface area (Å²) >= 11 is 0. The number of nitrogens with two attached hydrogens (primary N) is 1. The van der Waals surface area contributed by atoms with Gasteiger partial charge in [-0.05, 0) is 42.3 Å². The van der Waals surface area contributed by atoms with Gasteiger partial charge in [0.25, 0.3) is 0 Å². The van der Waals surface area contributed by atoms with Gasteiger partial charge in [-0.25, -0.2) is 9.78 Å². The van der Waals surface area contributed by atoms with E-state index in [1.165, 1.54) is 0 Å². The molecule has 0 amide bonds. The molecule has 4 N–H and O–H groups in total. The number of aromatic nitrogens is 1. The molecule has 0 unspecified atom stereocenters. The number of nitrogen functional groups attached to an aromatic ring is 1. The summed E-state index contributed by atoms with van der Waals surface area (Å²) in [6, 6.07) is 8.63. The fourth-order valence-corrected chi connectivity index (χ4v) is 1.70. The zero-order chi connectivity index (χ0) is 13.8. The molecule has 0 aliphatic carbocycles. The van der Waals surface area contributed by atoms with Crippen molar-refractivity contribution in [3.8, 4) is 0 Å². The van der Waals surface area contributed by atoms with Crippen LogP contribution in [0.25, 0.3) is 0 Å². The van der Waals surface area contributed by atoms with E-state index in [1.807, 2.05) is 19.1 Å². The normalized spacial score (nSPS) is 10.2. The third-order valence-electron chi connectivity index (χ3n) is 2.87. The second-order valence-electron chi connectivity index (χ2n) is 4.27. The molecule has 1 aromatic heterocycles. The van der Waals surface area contributed by atoms with Gasteiger partial charge in [-0.1, -0.05) is 6.07 Å². The van der Waals surface area contributed by atoms with Gasteiger partial charge in [0.2, 0.25) is 0 Å². The molecule has 2 rings (SSSR count). The van der Waals surface area contributed by atoms with E-state index >= 15 is 0 Å². The van der Waals surface area contributed by atoms with Crippen molar-refractivity contribution in [3.05, 3.63) is 53.2 Å². The minimum absolute atomic E-state index is 0.290. The van der Waals surface area contributed by atoms with Crippen molar-refractivity contribution < 1.29 is 9.90 Å². The summed E-state index contributed by atoms with van der Waals surface area (Å²) < 4.78 is 0. The summed E-state index contributed by atoms with van der Waals surface area (Å²) in [5, 5.41) is 12.2. The van der Waals surface area contributed by atoms with Crippen molar-refractivity contribution in [2.45, 2.75) is 13.5 Å². The molecule has 1 aromatic carbocycles. The largest absolute Gasteiger partial charge is 0.478 e. The zero-order valence-electron chi connectivity index (χ0n) is 10.6. The monoisotopic (exact) mass is 257 g/mol. The summed E-state index contributed by atoms with van der Waals surface area (Å²) in [4.78, 5) is 14.9. The number of hydrogen-bond acceptors (Lipinski definition) is 4. The third kappa shape index (κ3) is 3.22. The molecule has 0 spiro atoms. The molecule has 98 valence electrons. The summed E-state index contributed by atoms with van der Waals surface area (Å²) in [7, 11) is 0. The quantitative estimate of drug-likeness (QED) is 0.782. The fourth-order valence-electron chi connectivity index (χ4n) is 1.70. The minimum Gasteiger partial charge on any atom is -0.478 e. The van der Waals surface area contributed by atoms with Crippen LogP contribution in [-0.4, -0.2) is 16.1 Å². The van der Waals surface area contributed by atoms with Crippen LogP contribution in [0.4, 0.5) is 11.5 Å². The highest BCUT2D eigenvalue weighted by atomic mass is 16.4. The van der Waals surface area contributed by atoms with Gasteiger partial charge in [0, 0.05) is 6.54 Å². The molecule has 5 nitrogen and oxygen atoms in total. The van der Waals surface area contributed by atoms with E-state index in [9.17, 15) is 4.79 Å². The van der Waals surface area contributed by atoms with Crippen LogP contribution in [0.15, 0.2) is 36.5 Å². The summed E-state index contributed by atoms with van der Waals surface area (Å²) in [6.07, 6.45) is 1.64. The molecular weight excluding hydrogens is 242 g/mol. The van der Waals surface area contributed by atoms with Gasteiger partial charge in [0.15, 0.2) is 0 Å². The van der Waals surface area contributed by atoms with Crippen molar-refractivity contribution in [1.29, 1.82) is 0 Å². The van der Waals surface area contributed by atoms with Crippen molar-refractivity contribution >= 4 is 17.5 Å². The maximum absolute atomic E-state index is 10.9. The van der Waals surface area contributed by atoms with Crippen molar-refractivity contribution in [3.63, 3.8) is 0 Å². The van der Waals surface area contributed by atoms with Crippen LogP contribution in [-0.2, 0) is 6.54 Å². The van der Waals surface area contributed by atoms with Gasteiger partial charge in [-0.15, -0.1) is 0 Å². The molecule has 0 aliphatic heterocycles. The lowest BCUT2D eigenvalue weighted by Crippen LogP contribution is -2.05. The van der Waals surface area contributed by atoms with Gasteiger partial charge in [-0.3, -0.25) is 0 Å². The van der Waals surface area contributed by atoms with Gasteiger partial charge < -0.3 is 16.2 Å². The van der Waals surface area contributed by atoms with E-state index in [0.29, 0.717) is 12.4 Å². The third-order valence-corrected chi connectivity index (χ3v) is 2.87. The Balaban J connectivity index is 2.12. The Morgan fingerprint density at radius 2 is 2.16 bits per heavy atom. The predicted molar refractivity (Wildman–Crippen MR) is 74.1 cm³/mol. The molecular formula is C14H15N3O2. The Kier molecular flexibility index (Phi) is 3.66. The number of aryl methyl sites for hydroxylation is 1. The molecule has 0 bridgehead atoms. The number of nitrogens with one attached hydrogen (secondary N) is 1. The van der Waals surface area contributed by atoms with E-state index in [2.05, 4.69) is 10.3 Å². The van der Waals surface area contributed by atoms with Crippen LogP contribution in [0.2, 0.25) is 0 Å². The van der Waals surface area contributed by atoms with E-state index in [-0.39, 0.29) is 5.56 Å². The molecule has 19 heavy (non-hydrogen) atoms. The number of carboxylic acids is 1. The first-order chi connectivity index (χ1) is 9.06. The maximum Gasteiger partial charge on any atom is 0.335 e. The van der Waals surface area contributed by atoms with Crippen LogP contribution in [0.3, 0.4) is 0 Å². The maximum atomic E-state index is 10.9. The van der Waals surface area contributed by atoms with Gasteiger partial charge in [0.05, 0.1) is 17.4 Å². The number of carboxylic acid groups (broad SMARTS) is 1. The smallest absolute Gasteiger partial charge is 0.335 e. The van der Waals surface area contributed by atoms with Crippen molar-refractivity contribution in [2.75, 3.05) is 11.1 Å². The standard InChI is InChI=1S/C14H15N3O2/c1-9-2-3-10(14(18)19)6-11(9)7-16-12-4-5-13(15)17-8-12/h2-6,8,16H,7H2,1H3,(H2,15,17)(H,18,19). The van der Waals surface area contributed by atoms with Crippen LogP contribution < -0.4 is 11.1 Å². The van der Waals surface area contributed by atoms with Crippen molar-refractivity contribution in [1.82, 2.24) is 4.98 Å². The number of anilines is 2. The first-order valence-corrected chi connectivity index (χ1v) is 5.84. The molecule has 5 heteroatoms. The number of nitrogens with zero attached hydrogens (tertiary/aromatic N) is 1. The molecule has 1 heterocycles. The Morgan fingerprint density at radius 1 is 1.37 bits per heavy atom. The average Bonchev–Trinajstić information content (AvgIpc) is 2.39. The van der Waals surface area contributed by atoms with Crippen LogP contribution in [0.1, 0.15) is 21.5 Å². The summed E-state index contributed by atoms with van der Waals surface area (Å²) in [5.41, 5.74) is 8.62. The SMILES string of the molecule is Cc1ccc(C(=O)O)cc1CNc1ccc(N)nc1. The summed E-state index contributed by atoms with van der Waals surface area (Å²) in [6.45, 7) is 2.49. The molecule has 0 saturated heterocycles. The highest BCUT2D eigenvalue weighted by Gasteiger charge is 2.06. The lowest BCUT2D eigenvalue weighted by atomic mass is 10.0.